The van der Waals surface area contributed by atoms with E-state index in [1.807, 2.05) is 24.3 Å². The number of aryl methyl sites for hydroxylation is 1. The van der Waals surface area contributed by atoms with Crippen LogP contribution >= 0.6 is 22.9 Å². The molecule has 0 amide bonds. The number of ketones is 1. The van der Waals surface area contributed by atoms with Gasteiger partial charge in [-0.1, -0.05) is 55.8 Å². The average molecular weight is 1790 g/mol. The molecule has 31 fully saturated rings. The second-order valence-corrected chi connectivity index (χ2v) is 34.0. The molecule has 30 saturated heterocycles. The number of carbonyl (C=O) groups excluding carboxylic acids is 2. The molecule has 0 radical (unpaired) electrons. The van der Waals surface area contributed by atoms with Gasteiger partial charge in [0.2, 0.25) is 0 Å². The number of unbranched alkanes of at least 4 members (excludes halogenated alkanes) is 1. The van der Waals surface area contributed by atoms with Gasteiger partial charge in [0.1, 0.15) is 208 Å². The Morgan fingerprint density at radius 3 is 1.03 bits per heavy atom. The van der Waals surface area contributed by atoms with Crippen LogP contribution in [0.3, 0.4) is 0 Å². The first-order chi connectivity index (χ1) is 57.6. The van der Waals surface area contributed by atoms with Crippen LogP contribution < -0.4 is 0 Å². The smallest absolute Gasteiger partial charge is 0.305 e. The molecule has 16 bridgehead atoms. The van der Waals surface area contributed by atoms with Crippen LogP contribution in [0, 0.1) is 17.3 Å². The number of aliphatic hydroxyl groups is 25. The molecular formula is C75H113ClO44S. The first kappa shape index (κ1) is 96.8. The van der Waals surface area contributed by atoms with Crippen molar-refractivity contribution in [1.29, 1.82) is 0 Å². The number of halogens is 1. The third-order valence-electron chi connectivity index (χ3n) is 24.2. The standard InChI is InChI=1S/C75H113ClO44S/c1-75(2)65(102)26(27(66(75)103)15-13-25(84)14-16-38-40(76)28-10-7-8-11-37(28)121-38)9-5-3-4-6-12-39(85)104-24-36-64-48(93)56(101)74(112-36)119-63-35(23-83)110-72(54(99)46(63)91)117-61-33(21-81)108-70(52(97)44(61)89)115-59-31(19-79)106-68(50(95)42(59)87)113-57-29(17-77)105-67(49(94)41(57)86)114-58-30(18-78)107-69(51(96)43(58)88)116-60-32(20-80)109-71(53(98)45(60)90)118-62-34(22-82)111-73(120-64)55(100)47(62)92/h3,5,7-8,10-11,25-27,29-36,41-64,66-74,77-84,86-101,103H,4,6,9,12-24H2,1-2H3/b5-3-. The number of carbonyl (C=O) groups is 2. The van der Waals surface area contributed by atoms with Crippen LogP contribution in [0.15, 0.2) is 36.4 Å². The summed E-state index contributed by atoms with van der Waals surface area (Å²) < 4.78 is 99.9. The van der Waals surface area contributed by atoms with Gasteiger partial charge in [-0.2, -0.15) is 0 Å². The summed E-state index contributed by atoms with van der Waals surface area (Å²) in [4.78, 5) is 28.4. The van der Waals surface area contributed by atoms with Crippen molar-refractivity contribution in [2.45, 2.75) is 323 Å². The molecule has 44 nitrogen and oxygen atoms in total. The maximum Gasteiger partial charge on any atom is 0.305 e. The van der Waals surface area contributed by atoms with Crippen LogP contribution in [0.1, 0.15) is 63.7 Å². The molecule has 1 aromatic carbocycles. The highest BCUT2D eigenvalue weighted by molar-refractivity contribution is 7.19. The first-order valence-electron chi connectivity index (χ1n) is 40.1. The number of esters is 1. The molecule has 30 aliphatic heterocycles. The maximum atomic E-state index is 13.8. The summed E-state index contributed by atoms with van der Waals surface area (Å²) in [6.45, 7) is -5.45. The minimum absolute atomic E-state index is 0.122. The Bertz CT molecular complexity index is 3610. The highest BCUT2D eigenvalue weighted by atomic mass is 35.5. The lowest BCUT2D eigenvalue weighted by Crippen LogP contribution is -2.69. The molecule has 31 heterocycles. The average Bonchev–Trinajstić information content (AvgIpc) is 1.54. The fourth-order valence-electron chi connectivity index (χ4n) is 17.1. The van der Waals surface area contributed by atoms with Crippen LogP contribution in [0.2, 0.25) is 5.02 Å². The lowest BCUT2D eigenvalue weighted by Gasteiger charge is -2.50. The van der Waals surface area contributed by atoms with E-state index in [9.17, 15) is 137 Å². The molecule has 31 aliphatic rings. The van der Waals surface area contributed by atoms with Gasteiger partial charge in [-0.25, -0.2) is 0 Å². The van der Waals surface area contributed by atoms with Gasteiger partial charge >= 0.3 is 5.97 Å². The van der Waals surface area contributed by atoms with Crippen LogP contribution in [0.25, 0.3) is 10.1 Å². The number of aliphatic hydroxyl groups excluding tert-OH is 25. The van der Waals surface area contributed by atoms with Crippen molar-refractivity contribution >= 4 is 44.8 Å². The SMILES string of the molecule is CC1(C)C(=O)C(C/C=C\CCCC(=O)OCC2OC3OC4C(CO)OC(OC5C(CO)OC(OC6C(CO)OC(OC7C(CO)OC(OC8C(CO)OC(OC9C(CO)OC(OC%10C(CO)OC(OC2C(O)C3O)C(O)C%10O)C(O)C9O)C(O)C8O)C(O)C7O)C(O)C6O)C(O)C5O)C(O)C4O)C(CCC(O)CCc2sc3ccccc3c2Cl)C1O. The zero-order chi connectivity index (χ0) is 87.7. The molecule has 44 atom stereocenters. The van der Waals surface area contributed by atoms with Gasteiger partial charge in [0.15, 0.2) is 50.3 Å². The van der Waals surface area contributed by atoms with Crippen LogP contribution in [-0.2, 0) is 96.5 Å². The lowest BCUT2D eigenvalue weighted by molar-refractivity contribution is -0.404. The number of fused-ring (bicyclic) bond motifs is 1. The summed E-state index contributed by atoms with van der Waals surface area (Å²) in [5.74, 6) is -2.17. The van der Waals surface area contributed by atoms with E-state index in [1.54, 1.807) is 37.3 Å². The van der Waals surface area contributed by atoms with Gasteiger partial charge in [-0.3, -0.25) is 9.59 Å². The minimum Gasteiger partial charge on any atom is -0.463 e. The molecule has 1 aromatic heterocycles. The third kappa shape index (κ3) is 20.5. The van der Waals surface area contributed by atoms with Crippen molar-refractivity contribution in [1.82, 2.24) is 0 Å². The van der Waals surface area contributed by atoms with Crippen molar-refractivity contribution in [3.8, 4) is 0 Å². The molecule has 690 valence electrons. The van der Waals surface area contributed by atoms with Crippen LogP contribution in [-0.4, -0.2) is 450 Å². The number of benzene rings is 1. The Balaban J connectivity index is 0.755. The topological polar surface area (TPSA) is 697 Å². The van der Waals surface area contributed by atoms with Crippen molar-refractivity contribution in [3.63, 3.8) is 0 Å². The monoisotopic (exact) mass is 1780 g/mol. The van der Waals surface area contributed by atoms with Gasteiger partial charge in [0.25, 0.3) is 0 Å². The maximum absolute atomic E-state index is 13.8. The zero-order valence-electron chi connectivity index (χ0n) is 65.4. The van der Waals surface area contributed by atoms with Gasteiger partial charge < -0.3 is 208 Å². The molecular weight excluding hydrogens is 1670 g/mol. The third-order valence-corrected chi connectivity index (χ3v) is 26.0. The predicted molar refractivity (Wildman–Crippen MR) is 395 cm³/mol. The van der Waals surface area contributed by atoms with Crippen molar-refractivity contribution in [2.75, 3.05) is 52.9 Å². The van der Waals surface area contributed by atoms with Gasteiger partial charge in [0.05, 0.1) is 63.5 Å². The van der Waals surface area contributed by atoms with E-state index < -0.39 is 334 Å². The molecule has 25 N–H and O–H groups in total. The molecule has 46 heteroatoms. The Morgan fingerprint density at radius 2 is 0.727 bits per heavy atom. The highest BCUT2D eigenvalue weighted by Gasteiger charge is 2.62. The molecule has 2 aromatic rings. The number of rotatable bonds is 21. The number of hydrogen-bond donors (Lipinski definition) is 25. The minimum atomic E-state index is -2.36. The fourth-order valence-corrected chi connectivity index (χ4v) is 18.7. The first-order valence-corrected chi connectivity index (χ1v) is 41.3. The number of thiophene rings is 1. The van der Waals surface area contributed by atoms with E-state index in [0.717, 1.165) is 15.0 Å². The fraction of sp³-hybridized carbons (Fsp3) is 0.840. The zero-order valence-corrected chi connectivity index (χ0v) is 67.0. The Kier molecular flexibility index (Phi) is 33.7. The van der Waals surface area contributed by atoms with E-state index in [0.29, 0.717) is 30.7 Å². The molecule has 33 rings (SSSR count). The molecule has 1 saturated carbocycles. The summed E-state index contributed by atoms with van der Waals surface area (Å²) in [5.41, 5.74) is -1.08. The van der Waals surface area contributed by atoms with E-state index >= 15 is 0 Å². The van der Waals surface area contributed by atoms with Crippen LogP contribution in [0.5, 0.6) is 0 Å². The normalized spacial score (nSPS) is 46.8. The number of Topliss-reactive ketones (excluding diaryl/α,β-unsaturated/α-hetero) is 1. The second kappa shape index (κ2) is 42.1. The van der Waals surface area contributed by atoms with E-state index in [2.05, 4.69) is 0 Å². The Morgan fingerprint density at radius 1 is 0.430 bits per heavy atom. The number of allylic oxidation sites excluding steroid dienone is 2. The highest BCUT2D eigenvalue weighted by Crippen LogP contribution is 2.48. The molecule has 0 spiro atoms. The van der Waals surface area contributed by atoms with E-state index in [4.69, 9.17) is 92.1 Å². The largest absolute Gasteiger partial charge is 0.463 e. The van der Waals surface area contributed by atoms with Crippen molar-refractivity contribution in [2.24, 2.45) is 17.3 Å². The summed E-state index contributed by atoms with van der Waals surface area (Å²) in [6.07, 6.45) is -81.0. The summed E-state index contributed by atoms with van der Waals surface area (Å²) in [6, 6.07) is 7.71. The number of ether oxygens (including phenoxy) is 17. The Labute approximate surface area is 699 Å². The van der Waals surface area contributed by atoms with Crippen molar-refractivity contribution < 1.29 is 218 Å². The van der Waals surface area contributed by atoms with E-state index in [-0.39, 0.29) is 31.5 Å². The van der Waals surface area contributed by atoms with Gasteiger partial charge in [-0.05, 0) is 56.9 Å². The van der Waals surface area contributed by atoms with Gasteiger partial charge in [0, 0.05) is 32.7 Å². The summed E-state index contributed by atoms with van der Waals surface area (Å²) in [5, 5.41) is 285. The van der Waals surface area contributed by atoms with Crippen molar-refractivity contribution in [3.05, 3.63) is 46.3 Å². The Hall–Kier alpha value is -3.29. The summed E-state index contributed by atoms with van der Waals surface area (Å²) >= 11 is 8.21. The summed E-state index contributed by atoms with van der Waals surface area (Å²) in [7, 11) is 0. The van der Waals surface area contributed by atoms with Gasteiger partial charge in [-0.15, -0.1) is 11.3 Å². The molecule has 1 aliphatic carbocycles. The molecule has 121 heavy (non-hydrogen) atoms. The lowest BCUT2D eigenvalue weighted by atomic mass is 9.85. The van der Waals surface area contributed by atoms with Crippen LogP contribution in [0.4, 0.5) is 0 Å². The second-order valence-electron chi connectivity index (χ2n) is 32.5. The predicted octanol–water partition coefficient (Wildman–Crippen LogP) is -10.9. The molecule has 44 unspecified atom stereocenters. The quantitative estimate of drug-likeness (QED) is 0.0313. The number of hydrogen-bond acceptors (Lipinski definition) is 45. The van der Waals surface area contributed by atoms with E-state index in [1.165, 1.54) is 0 Å².